The topological polar surface area (TPSA) is 51.1 Å². The van der Waals surface area contributed by atoms with Gasteiger partial charge in [-0.2, -0.15) is 13.2 Å². The number of carbonyl (C=O) groups excluding carboxylic acids is 1. The van der Waals surface area contributed by atoms with Crippen molar-refractivity contribution in [3.63, 3.8) is 0 Å². The number of alkyl halides is 3. The molecule has 4 nitrogen and oxygen atoms in total. The fourth-order valence-corrected chi connectivity index (χ4v) is 2.74. The molecule has 0 radical (unpaired) electrons. The Hall–Kier alpha value is -3.42. The van der Waals surface area contributed by atoms with Crippen LogP contribution >= 0.6 is 0 Å². The maximum atomic E-state index is 13.4. The second-order valence-electron chi connectivity index (χ2n) is 6.49. The number of anilines is 1. The number of nitrogens with zero attached hydrogens (tertiary/aromatic N) is 1. The van der Waals surface area contributed by atoms with Gasteiger partial charge >= 0.3 is 6.18 Å². The van der Waals surface area contributed by atoms with E-state index in [1.165, 1.54) is 22.9 Å². The Morgan fingerprint density at radius 1 is 1.07 bits per heavy atom. The second-order valence-corrected chi connectivity index (χ2v) is 6.49. The van der Waals surface area contributed by atoms with Crippen LogP contribution in [0.3, 0.4) is 0 Å². The lowest BCUT2D eigenvalue weighted by Crippen LogP contribution is -2.29. The van der Waals surface area contributed by atoms with Crippen LogP contribution in [0.1, 0.15) is 27.0 Å². The molecule has 0 aliphatic heterocycles. The lowest BCUT2D eigenvalue weighted by Gasteiger charge is -2.12. The van der Waals surface area contributed by atoms with E-state index in [2.05, 4.69) is 5.32 Å². The molecule has 0 atom stereocenters. The highest BCUT2D eigenvalue weighted by atomic mass is 19.4. The molecular weight excluding hydrogens is 388 g/mol. The van der Waals surface area contributed by atoms with Gasteiger partial charge in [-0.05, 0) is 42.8 Å². The summed E-state index contributed by atoms with van der Waals surface area (Å²) in [6.45, 7) is 2.16. The smallest absolute Gasteiger partial charge is 0.322 e. The Bertz CT molecular complexity index is 1100. The zero-order valence-corrected chi connectivity index (χ0v) is 15.3. The Kier molecular flexibility index (Phi) is 5.54. The van der Waals surface area contributed by atoms with Crippen LogP contribution in [-0.2, 0) is 12.7 Å². The number of aromatic nitrogens is 1. The van der Waals surface area contributed by atoms with E-state index in [9.17, 15) is 27.2 Å². The highest BCUT2D eigenvalue weighted by Crippen LogP contribution is 2.33. The number of aryl methyl sites for hydroxylation is 1. The van der Waals surface area contributed by atoms with Crippen LogP contribution in [0.5, 0.6) is 0 Å². The average Bonchev–Trinajstić information content (AvgIpc) is 2.65. The Labute approximate surface area is 163 Å². The Balaban J connectivity index is 1.85. The van der Waals surface area contributed by atoms with E-state index in [1.807, 2.05) is 31.2 Å². The molecule has 8 heteroatoms. The first kappa shape index (κ1) is 20.3. The van der Waals surface area contributed by atoms with Crippen LogP contribution in [-0.4, -0.2) is 10.5 Å². The first-order chi connectivity index (χ1) is 13.6. The third-order valence-corrected chi connectivity index (χ3v) is 4.27. The molecule has 1 heterocycles. The zero-order valence-electron chi connectivity index (χ0n) is 15.3. The summed E-state index contributed by atoms with van der Waals surface area (Å²) >= 11 is 0. The zero-order chi connectivity index (χ0) is 21.2. The van der Waals surface area contributed by atoms with Crippen molar-refractivity contribution in [3.8, 4) is 0 Å². The maximum Gasteiger partial charge on any atom is 0.419 e. The second kappa shape index (κ2) is 7.90. The van der Waals surface area contributed by atoms with Crippen LogP contribution in [0.4, 0.5) is 23.2 Å². The molecule has 0 saturated heterocycles. The van der Waals surface area contributed by atoms with Crippen LogP contribution in [0.15, 0.2) is 65.6 Å². The van der Waals surface area contributed by atoms with E-state index in [1.54, 1.807) is 0 Å². The molecule has 0 fully saturated rings. The number of hydrogen-bond acceptors (Lipinski definition) is 2. The highest BCUT2D eigenvalue weighted by molar-refractivity contribution is 6.04. The van der Waals surface area contributed by atoms with Crippen molar-refractivity contribution < 1.29 is 22.4 Å². The molecule has 0 saturated carbocycles. The predicted octanol–water partition coefficient (Wildman–Crippen LogP) is 4.62. The summed E-state index contributed by atoms with van der Waals surface area (Å²) in [5.74, 6) is -2.33. The maximum absolute atomic E-state index is 13.4. The normalized spacial score (nSPS) is 11.3. The van der Waals surface area contributed by atoms with E-state index in [0.29, 0.717) is 12.1 Å². The van der Waals surface area contributed by atoms with Crippen molar-refractivity contribution in [1.82, 2.24) is 4.57 Å². The molecule has 1 aromatic heterocycles. The number of hydrogen-bond donors (Lipinski definition) is 1. The summed E-state index contributed by atoms with van der Waals surface area (Å²) in [7, 11) is 0. The molecular formula is C21H16F4N2O2. The fourth-order valence-electron chi connectivity index (χ4n) is 2.74. The van der Waals surface area contributed by atoms with Gasteiger partial charge in [-0.15, -0.1) is 0 Å². The summed E-state index contributed by atoms with van der Waals surface area (Å²) in [4.78, 5) is 25.0. The molecule has 0 spiro atoms. The van der Waals surface area contributed by atoms with E-state index in [4.69, 9.17) is 0 Å². The molecule has 29 heavy (non-hydrogen) atoms. The van der Waals surface area contributed by atoms with Crippen molar-refractivity contribution in [1.29, 1.82) is 0 Å². The third-order valence-electron chi connectivity index (χ3n) is 4.27. The van der Waals surface area contributed by atoms with Crippen molar-refractivity contribution in [2.75, 3.05) is 5.32 Å². The van der Waals surface area contributed by atoms with Gasteiger partial charge in [-0.25, -0.2) is 4.39 Å². The molecule has 0 aliphatic rings. The van der Waals surface area contributed by atoms with Gasteiger partial charge in [0.25, 0.3) is 11.5 Å². The van der Waals surface area contributed by atoms with E-state index in [-0.39, 0.29) is 17.8 Å². The van der Waals surface area contributed by atoms with Gasteiger partial charge in [0.1, 0.15) is 11.4 Å². The molecule has 3 aromatic rings. The summed E-state index contributed by atoms with van der Waals surface area (Å²) in [5.41, 5.74) is -0.686. The lowest BCUT2D eigenvalue weighted by atomic mass is 10.1. The number of carbonyl (C=O) groups is 1. The number of benzene rings is 2. The summed E-state index contributed by atoms with van der Waals surface area (Å²) in [5, 5.41) is 2.22. The minimum Gasteiger partial charge on any atom is -0.322 e. The van der Waals surface area contributed by atoms with Crippen LogP contribution in [0, 0.1) is 12.7 Å². The van der Waals surface area contributed by atoms with E-state index >= 15 is 0 Å². The molecule has 1 amide bonds. The monoisotopic (exact) mass is 404 g/mol. The number of rotatable bonds is 4. The highest BCUT2D eigenvalue weighted by Gasteiger charge is 2.34. The fraction of sp³-hybridized carbons (Fsp3) is 0.143. The predicted molar refractivity (Wildman–Crippen MR) is 100 cm³/mol. The summed E-state index contributed by atoms with van der Waals surface area (Å²) < 4.78 is 53.2. The lowest BCUT2D eigenvalue weighted by molar-refractivity contribution is -0.139. The standard InChI is InChI=1S/C21H16F4N2O2/c1-13-4-6-14(7-5-13)12-27-10-2-3-16(20(27)29)19(28)26-15-8-9-18(22)17(11-15)21(23,24)25/h2-11H,12H2,1H3,(H,26,28). The van der Waals surface area contributed by atoms with Crippen LogP contribution < -0.4 is 10.9 Å². The molecule has 0 bridgehead atoms. The van der Waals surface area contributed by atoms with Gasteiger partial charge in [0.2, 0.25) is 0 Å². The Morgan fingerprint density at radius 2 is 1.76 bits per heavy atom. The number of amides is 1. The number of pyridine rings is 1. The molecule has 150 valence electrons. The van der Waals surface area contributed by atoms with Gasteiger partial charge in [0, 0.05) is 11.9 Å². The Morgan fingerprint density at radius 3 is 2.41 bits per heavy atom. The molecule has 1 N–H and O–H groups in total. The van der Waals surface area contributed by atoms with E-state index < -0.39 is 29.0 Å². The van der Waals surface area contributed by atoms with Gasteiger partial charge < -0.3 is 9.88 Å². The molecule has 0 unspecified atom stereocenters. The van der Waals surface area contributed by atoms with Crippen molar-refractivity contribution in [2.24, 2.45) is 0 Å². The first-order valence-electron chi connectivity index (χ1n) is 8.58. The number of nitrogens with one attached hydrogen (secondary N) is 1. The quantitative estimate of drug-likeness (QED) is 0.646. The SMILES string of the molecule is Cc1ccc(Cn2cccc(C(=O)Nc3ccc(F)c(C(F)(F)F)c3)c2=O)cc1. The van der Waals surface area contributed by atoms with Gasteiger partial charge in [0.15, 0.2) is 0 Å². The average molecular weight is 404 g/mol. The van der Waals surface area contributed by atoms with Crippen molar-refractivity contribution >= 4 is 11.6 Å². The molecule has 0 aliphatic carbocycles. The number of halogens is 4. The van der Waals surface area contributed by atoms with Crippen LogP contribution in [0.2, 0.25) is 0 Å². The van der Waals surface area contributed by atoms with Gasteiger partial charge in [-0.3, -0.25) is 9.59 Å². The van der Waals surface area contributed by atoms with E-state index in [0.717, 1.165) is 17.2 Å². The van der Waals surface area contributed by atoms with Crippen molar-refractivity contribution in [3.05, 3.63) is 99.2 Å². The third kappa shape index (κ3) is 4.71. The molecule has 3 rings (SSSR count). The first-order valence-corrected chi connectivity index (χ1v) is 8.58. The van der Waals surface area contributed by atoms with Crippen LogP contribution in [0.25, 0.3) is 0 Å². The minimum absolute atomic E-state index is 0.231. The van der Waals surface area contributed by atoms with Gasteiger partial charge in [-0.1, -0.05) is 29.8 Å². The largest absolute Gasteiger partial charge is 0.419 e. The van der Waals surface area contributed by atoms with Crippen molar-refractivity contribution in [2.45, 2.75) is 19.6 Å². The summed E-state index contributed by atoms with van der Waals surface area (Å²) in [6, 6.07) is 12.4. The van der Waals surface area contributed by atoms with Gasteiger partial charge in [0.05, 0.1) is 12.1 Å². The molecule has 2 aromatic carbocycles. The summed E-state index contributed by atoms with van der Waals surface area (Å²) in [6.07, 6.45) is -3.39. The minimum atomic E-state index is -4.90.